The highest BCUT2D eigenvalue weighted by Gasteiger charge is 2.37. The number of allylic oxidation sites excluding steroid dienone is 1. The van der Waals surface area contributed by atoms with Gasteiger partial charge in [0.25, 0.3) is 0 Å². The molecule has 2 aromatic rings. The summed E-state index contributed by atoms with van der Waals surface area (Å²) in [5, 5.41) is 2.68. The van der Waals surface area contributed by atoms with E-state index in [1.165, 1.54) is 7.11 Å². The van der Waals surface area contributed by atoms with Gasteiger partial charge in [-0.15, -0.1) is 0 Å². The van der Waals surface area contributed by atoms with Gasteiger partial charge in [-0.1, -0.05) is 57.2 Å². The van der Waals surface area contributed by atoms with E-state index in [0.29, 0.717) is 6.54 Å². The van der Waals surface area contributed by atoms with Gasteiger partial charge in [0.1, 0.15) is 11.9 Å². The van der Waals surface area contributed by atoms with E-state index in [1.807, 2.05) is 24.9 Å². The Balaban J connectivity index is 1.76. The molecule has 1 fully saturated rings. The lowest BCUT2D eigenvalue weighted by molar-refractivity contribution is -0.135. The van der Waals surface area contributed by atoms with Crippen molar-refractivity contribution in [1.82, 2.24) is 20.2 Å². The normalized spacial score (nSPS) is 17.3. The van der Waals surface area contributed by atoms with Crippen molar-refractivity contribution in [3.05, 3.63) is 47.9 Å². The average Bonchev–Trinajstić information content (AvgIpc) is 3.45. The second-order valence-corrected chi connectivity index (χ2v) is 8.16. The monoisotopic (exact) mass is 424 g/mol. The molecule has 2 heterocycles. The molecule has 1 aromatic carbocycles. The molecule has 0 radical (unpaired) electrons. The number of aromatic nitrogens is 2. The van der Waals surface area contributed by atoms with Crippen LogP contribution in [0.2, 0.25) is 0 Å². The number of hydrogen-bond acceptors (Lipinski definition) is 4. The molecule has 1 aliphatic rings. The highest BCUT2D eigenvalue weighted by Crippen LogP contribution is 2.32. The molecule has 7 nitrogen and oxygen atoms in total. The summed E-state index contributed by atoms with van der Waals surface area (Å²) in [6.07, 6.45) is 8.21. The molecule has 2 atom stereocenters. The first-order valence-corrected chi connectivity index (χ1v) is 10.9. The zero-order valence-electron chi connectivity index (χ0n) is 18.7. The molecule has 166 valence electrons. The second kappa shape index (κ2) is 10.3. The Hall–Kier alpha value is -3.09. The quantitative estimate of drug-likeness (QED) is 0.683. The van der Waals surface area contributed by atoms with Crippen molar-refractivity contribution in [3.8, 4) is 11.3 Å². The number of aromatic amines is 1. The third-order valence-corrected chi connectivity index (χ3v) is 5.61. The number of hydrogen-bond donors (Lipinski definition) is 2. The lowest BCUT2D eigenvalue weighted by Gasteiger charge is -2.30. The number of carbonyl (C=O) groups excluding carboxylic acids is 2. The van der Waals surface area contributed by atoms with Gasteiger partial charge >= 0.3 is 6.09 Å². The van der Waals surface area contributed by atoms with E-state index >= 15 is 0 Å². The predicted octanol–water partition coefficient (Wildman–Crippen LogP) is 4.54. The van der Waals surface area contributed by atoms with Gasteiger partial charge in [-0.3, -0.25) is 4.79 Å². The first kappa shape index (κ1) is 22.6. The lowest BCUT2D eigenvalue weighted by atomic mass is 10.0. The number of imidazole rings is 1. The fourth-order valence-corrected chi connectivity index (χ4v) is 3.87. The Morgan fingerprint density at radius 3 is 2.71 bits per heavy atom. The van der Waals surface area contributed by atoms with Gasteiger partial charge in [0.2, 0.25) is 5.91 Å². The molecule has 1 saturated heterocycles. The number of nitrogens with one attached hydrogen (secondary N) is 2. The third-order valence-electron chi connectivity index (χ3n) is 5.61. The summed E-state index contributed by atoms with van der Waals surface area (Å²) < 4.78 is 4.69. The number of methoxy groups -OCH3 is 1. The summed E-state index contributed by atoms with van der Waals surface area (Å²) >= 11 is 0. The number of ether oxygens (including phenoxy) is 1. The first-order chi connectivity index (χ1) is 14.9. The van der Waals surface area contributed by atoms with Crippen molar-refractivity contribution in [2.45, 2.75) is 52.1 Å². The van der Waals surface area contributed by atoms with Crippen LogP contribution in [0.3, 0.4) is 0 Å². The molecular formula is C24H32N4O3. The predicted molar refractivity (Wildman–Crippen MR) is 121 cm³/mol. The summed E-state index contributed by atoms with van der Waals surface area (Å²) in [7, 11) is 1.30. The van der Waals surface area contributed by atoms with Crippen LogP contribution in [0.5, 0.6) is 0 Å². The summed E-state index contributed by atoms with van der Waals surface area (Å²) in [6, 6.07) is 7.54. The molecule has 2 amide bonds. The Labute approximate surface area is 183 Å². The average molecular weight is 425 g/mol. The molecule has 1 aliphatic heterocycles. The summed E-state index contributed by atoms with van der Waals surface area (Å²) in [5.41, 5.74) is 3.14. The molecule has 0 aliphatic carbocycles. The Kier molecular flexibility index (Phi) is 7.50. The summed E-state index contributed by atoms with van der Waals surface area (Å²) in [4.78, 5) is 34.8. The van der Waals surface area contributed by atoms with Gasteiger partial charge in [0, 0.05) is 6.54 Å². The van der Waals surface area contributed by atoms with E-state index in [0.717, 1.165) is 41.9 Å². The van der Waals surface area contributed by atoms with Crippen molar-refractivity contribution < 1.29 is 14.3 Å². The first-order valence-electron chi connectivity index (χ1n) is 10.9. The number of likely N-dealkylation sites (tertiary alicyclic amines) is 1. The van der Waals surface area contributed by atoms with Crippen LogP contribution in [0.15, 0.2) is 36.5 Å². The number of benzene rings is 1. The highest BCUT2D eigenvalue weighted by atomic mass is 16.5. The van der Waals surface area contributed by atoms with Crippen LogP contribution in [0.25, 0.3) is 17.3 Å². The fourth-order valence-electron chi connectivity index (χ4n) is 3.87. The fraction of sp³-hybridized carbons (Fsp3) is 0.458. The molecule has 31 heavy (non-hydrogen) atoms. The third kappa shape index (κ3) is 5.34. The largest absolute Gasteiger partial charge is 0.453 e. The number of nitrogens with zero attached hydrogens (tertiary/aromatic N) is 2. The molecule has 0 bridgehead atoms. The highest BCUT2D eigenvalue weighted by molar-refractivity contribution is 5.86. The van der Waals surface area contributed by atoms with Crippen molar-refractivity contribution >= 4 is 18.1 Å². The standard InChI is InChI=1S/C24H32N4O3/c1-5-6-8-17-10-12-18(13-11-17)19-15-25-22(26-19)20-9-7-14-28(20)23(29)21(16(2)3)27-24(30)31-4/h6,8,10-13,15-16,20-21H,5,7,9,14H2,1-4H3,(H,25,26)(H,27,30)/b8-6+/t20-,21-/m0/s1. The molecule has 0 spiro atoms. The van der Waals surface area contributed by atoms with Gasteiger partial charge < -0.3 is 19.9 Å². The van der Waals surface area contributed by atoms with Gasteiger partial charge in [0.15, 0.2) is 0 Å². The van der Waals surface area contributed by atoms with E-state index < -0.39 is 12.1 Å². The number of H-pyrrole nitrogens is 1. The van der Waals surface area contributed by atoms with Crippen molar-refractivity contribution in [1.29, 1.82) is 0 Å². The Bertz CT molecular complexity index is 917. The molecule has 0 saturated carbocycles. The maximum Gasteiger partial charge on any atom is 0.407 e. The Morgan fingerprint density at radius 1 is 1.32 bits per heavy atom. The van der Waals surface area contributed by atoms with Gasteiger partial charge in [0.05, 0.1) is 25.0 Å². The van der Waals surface area contributed by atoms with E-state index in [-0.39, 0.29) is 17.9 Å². The molecule has 2 N–H and O–H groups in total. The number of amides is 2. The van der Waals surface area contributed by atoms with Gasteiger partial charge in [-0.25, -0.2) is 9.78 Å². The minimum atomic E-state index is -0.633. The minimum absolute atomic E-state index is 0.0553. The molecule has 1 aromatic heterocycles. The molecule has 3 rings (SSSR count). The lowest BCUT2D eigenvalue weighted by Crippen LogP contribution is -2.51. The van der Waals surface area contributed by atoms with E-state index in [4.69, 9.17) is 4.74 Å². The maximum atomic E-state index is 13.2. The van der Waals surface area contributed by atoms with Crippen LogP contribution in [-0.2, 0) is 9.53 Å². The van der Waals surface area contributed by atoms with E-state index in [1.54, 1.807) is 0 Å². The van der Waals surface area contributed by atoms with E-state index in [2.05, 4.69) is 58.6 Å². The van der Waals surface area contributed by atoms with Crippen molar-refractivity contribution in [2.24, 2.45) is 5.92 Å². The smallest absolute Gasteiger partial charge is 0.407 e. The SMILES string of the molecule is CC/C=C/c1ccc(-c2cnc([C@@H]3CCCN3C(=O)[C@@H](NC(=O)OC)C(C)C)[nH]2)cc1. The van der Waals surface area contributed by atoms with Crippen LogP contribution in [0.1, 0.15) is 57.5 Å². The van der Waals surface area contributed by atoms with Crippen molar-refractivity contribution in [2.75, 3.05) is 13.7 Å². The van der Waals surface area contributed by atoms with Gasteiger partial charge in [-0.2, -0.15) is 0 Å². The summed E-state index contributed by atoms with van der Waals surface area (Å²) in [6.45, 7) is 6.58. The van der Waals surface area contributed by atoms with Gasteiger partial charge in [-0.05, 0) is 36.3 Å². The molecule has 7 heteroatoms. The number of rotatable bonds is 7. The summed E-state index contributed by atoms with van der Waals surface area (Å²) in [5.74, 6) is 0.615. The van der Waals surface area contributed by atoms with Crippen LogP contribution >= 0.6 is 0 Å². The number of alkyl carbamates (subject to hydrolysis) is 1. The van der Waals surface area contributed by atoms with Crippen molar-refractivity contribution in [3.63, 3.8) is 0 Å². The van der Waals surface area contributed by atoms with E-state index in [9.17, 15) is 9.59 Å². The molecule has 0 unspecified atom stereocenters. The second-order valence-electron chi connectivity index (χ2n) is 8.16. The maximum absolute atomic E-state index is 13.2. The zero-order valence-corrected chi connectivity index (χ0v) is 18.7. The van der Waals surface area contributed by atoms with Crippen LogP contribution in [0, 0.1) is 5.92 Å². The van der Waals surface area contributed by atoms with Crippen LogP contribution in [0.4, 0.5) is 4.79 Å². The number of carbonyl (C=O) groups is 2. The van der Waals surface area contributed by atoms with Crippen LogP contribution < -0.4 is 5.32 Å². The zero-order chi connectivity index (χ0) is 22.4. The molecular weight excluding hydrogens is 392 g/mol. The van der Waals surface area contributed by atoms with Crippen LogP contribution in [-0.4, -0.2) is 46.6 Å². The topological polar surface area (TPSA) is 87.3 Å². The Morgan fingerprint density at radius 2 is 2.06 bits per heavy atom. The minimum Gasteiger partial charge on any atom is -0.453 e.